The molecular formula is C37H35N3. The van der Waals surface area contributed by atoms with E-state index in [0.29, 0.717) is 0 Å². The van der Waals surface area contributed by atoms with Crippen molar-refractivity contribution in [2.45, 2.75) is 25.4 Å². The average molecular weight is 522 g/mol. The van der Waals surface area contributed by atoms with Gasteiger partial charge in [-0.05, 0) is 58.2 Å². The van der Waals surface area contributed by atoms with Gasteiger partial charge in [-0.25, -0.2) is 0 Å². The van der Waals surface area contributed by atoms with Crippen LogP contribution < -0.4 is 16.4 Å². The molecule has 3 nitrogen and oxygen atoms in total. The second-order valence-corrected chi connectivity index (χ2v) is 10.4. The summed E-state index contributed by atoms with van der Waals surface area (Å²) in [7, 11) is 2.01. The van der Waals surface area contributed by atoms with E-state index in [1.165, 1.54) is 38.2 Å². The molecule has 5 aromatic carbocycles. The smallest absolute Gasteiger partial charge is 0.101 e. The van der Waals surface area contributed by atoms with E-state index in [0.717, 1.165) is 41.8 Å². The third kappa shape index (κ3) is 5.29. The summed E-state index contributed by atoms with van der Waals surface area (Å²) in [4.78, 5) is 0. The Hall–Kier alpha value is -4.60. The van der Waals surface area contributed by atoms with Gasteiger partial charge in [0.1, 0.15) is 6.17 Å². The number of rotatable bonds is 8. The first kappa shape index (κ1) is 25.7. The van der Waals surface area contributed by atoms with Gasteiger partial charge in [-0.2, -0.15) is 0 Å². The number of benzene rings is 5. The maximum atomic E-state index is 6.81. The molecule has 0 amide bonds. The minimum atomic E-state index is -0.341. The standard InChI is InChI=1S/C37H35N3/c1-39-36-33(27-13-7-3-8-14-27)23-20-29-18-19-30-25-31(21-22-32(30)35(29)36)37(38)40-34(28-15-9-4-10-16-28)24-17-26-11-5-2-6-12-26/h2-5,7-11,13-16,18-25,37,39-40H,6,12,17,38H2,1H3/b34-24-. The van der Waals surface area contributed by atoms with Crippen molar-refractivity contribution in [3.05, 3.63) is 144 Å². The van der Waals surface area contributed by atoms with Crippen molar-refractivity contribution in [1.29, 1.82) is 0 Å². The molecule has 0 saturated carbocycles. The van der Waals surface area contributed by atoms with Gasteiger partial charge in [0.25, 0.3) is 0 Å². The molecule has 1 aliphatic rings. The second kappa shape index (κ2) is 11.6. The van der Waals surface area contributed by atoms with Gasteiger partial charge in [-0.3, -0.25) is 0 Å². The summed E-state index contributed by atoms with van der Waals surface area (Å²) in [6.07, 6.45) is 11.7. The fourth-order valence-corrected chi connectivity index (χ4v) is 5.67. The SMILES string of the molecule is CNc1c(-c2ccccc2)ccc2ccc3cc(C(N)N/C(=C\CC4=CC=CCC4)c4ccccc4)ccc3c12. The predicted molar refractivity (Wildman–Crippen MR) is 172 cm³/mol. The molecule has 5 aromatic rings. The summed E-state index contributed by atoms with van der Waals surface area (Å²) < 4.78 is 0. The molecule has 40 heavy (non-hydrogen) atoms. The topological polar surface area (TPSA) is 50.1 Å². The number of hydrogen-bond acceptors (Lipinski definition) is 3. The number of nitrogens with one attached hydrogen (secondary N) is 2. The number of fused-ring (bicyclic) bond motifs is 3. The molecule has 1 atom stereocenters. The van der Waals surface area contributed by atoms with E-state index >= 15 is 0 Å². The fraction of sp³-hybridized carbons (Fsp3) is 0.135. The maximum absolute atomic E-state index is 6.81. The van der Waals surface area contributed by atoms with Crippen LogP contribution in [0.1, 0.15) is 36.6 Å². The summed E-state index contributed by atoms with van der Waals surface area (Å²) in [6.45, 7) is 0. The van der Waals surface area contributed by atoms with Crippen LogP contribution in [-0.4, -0.2) is 7.05 Å². The van der Waals surface area contributed by atoms with Gasteiger partial charge >= 0.3 is 0 Å². The molecule has 1 unspecified atom stereocenters. The van der Waals surface area contributed by atoms with Gasteiger partial charge in [-0.1, -0.05) is 127 Å². The largest absolute Gasteiger partial charge is 0.387 e. The van der Waals surface area contributed by atoms with Gasteiger partial charge in [-0.15, -0.1) is 0 Å². The highest BCUT2D eigenvalue weighted by Crippen LogP contribution is 2.39. The monoisotopic (exact) mass is 521 g/mol. The van der Waals surface area contributed by atoms with Crippen molar-refractivity contribution >= 4 is 32.9 Å². The molecule has 4 N–H and O–H groups in total. The molecule has 0 saturated heterocycles. The molecule has 6 rings (SSSR count). The van der Waals surface area contributed by atoms with Crippen molar-refractivity contribution in [2.75, 3.05) is 12.4 Å². The molecule has 0 spiro atoms. The quantitative estimate of drug-likeness (QED) is 0.141. The summed E-state index contributed by atoms with van der Waals surface area (Å²) in [5.41, 5.74) is 15.1. The van der Waals surface area contributed by atoms with E-state index in [-0.39, 0.29) is 6.17 Å². The molecule has 0 bridgehead atoms. The normalized spacial score (nSPS) is 14.2. The van der Waals surface area contributed by atoms with E-state index < -0.39 is 0 Å². The van der Waals surface area contributed by atoms with E-state index in [9.17, 15) is 0 Å². The van der Waals surface area contributed by atoms with Crippen molar-refractivity contribution in [3.8, 4) is 11.1 Å². The molecule has 0 aromatic heterocycles. The Bertz CT molecular complexity index is 1730. The highest BCUT2D eigenvalue weighted by atomic mass is 15.0. The van der Waals surface area contributed by atoms with Crippen LogP contribution in [0.3, 0.4) is 0 Å². The zero-order chi connectivity index (χ0) is 27.3. The molecule has 198 valence electrons. The lowest BCUT2D eigenvalue weighted by Gasteiger charge is -2.20. The number of allylic oxidation sites excluding steroid dienone is 5. The van der Waals surface area contributed by atoms with Crippen molar-refractivity contribution < 1.29 is 0 Å². The minimum absolute atomic E-state index is 0.341. The highest BCUT2D eigenvalue weighted by molar-refractivity contribution is 6.16. The van der Waals surface area contributed by atoms with Crippen LogP contribution in [0, 0.1) is 0 Å². The van der Waals surface area contributed by atoms with Gasteiger partial charge in [0.15, 0.2) is 0 Å². The lowest BCUT2D eigenvalue weighted by atomic mass is 9.93. The predicted octanol–water partition coefficient (Wildman–Crippen LogP) is 8.96. The van der Waals surface area contributed by atoms with Crippen molar-refractivity contribution in [2.24, 2.45) is 5.73 Å². The van der Waals surface area contributed by atoms with Crippen LogP contribution in [0.15, 0.2) is 133 Å². The minimum Gasteiger partial charge on any atom is -0.387 e. The van der Waals surface area contributed by atoms with Crippen molar-refractivity contribution in [1.82, 2.24) is 5.32 Å². The van der Waals surface area contributed by atoms with Crippen LogP contribution in [0.4, 0.5) is 5.69 Å². The summed E-state index contributed by atoms with van der Waals surface area (Å²) >= 11 is 0. The van der Waals surface area contributed by atoms with Crippen LogP contribution >= 0.6 is 0 Å². The molecule has 0 aliphatic heterocycles. The summed E-state index contributed by atoms with van der Waals surface area (Å²) in [5, 5.41) is 12.0. The zero-order valence-corrected chi connectivity index (χ0v) is 22.9. The van der Waals surface area contributed by atoms with Crippen LogP contribution in [0.5, 0.6) is 0 Å². The Morgan fingerprint density at radius 1 is 0.875 bits per heavy atom. The Morgan fingerprint density at radius 2 is 1.62 bits per heavy atom. The van der Waals surface area contributed by atoms with Gasteiger partial charge in [0.05, 0.1) is 5.69 Å². The molecular weight excluding hydrogens is 486 g/mol. The first-order valence-corrected chi connectivity index (χ1v) is 14.1. The van der Waals surface area contributed by atoms with Crippen LogP contribution in [0.2, 0.25) is 0 Å². The van der Waals surface area contributed by atoms with E-state index in [2.05, 4.69) is 132 Å². The lowest BCUT2D eigenvalue weighted by molar-refractivity contribution is 0.666. The Morgan fingerprint density at radius 3 is 2.38 bits per heavy atom. The second-order valence-electron chi connectivity index (χ2n) is 10.4. The van der Waals surface area contributed by atoms with Crippen molar-refractivity contribution in [3.63, 3.8) is 0 Å². The summed E-state index contributed by atoms with van der Waals surface area (Å²) in [5.74, 6) is 0. The van der Waals surface area contributed by atoms with Crippen LogP contribution in [-0.2, 0) is 0 Å². The highest BCUT2D eigenvalue weighted by Gasteiger charge is 2.14. The van der Waals surface area contributed by atoms with Gasteiger partial charge in [0, 0.05) is 23.7 Å². The van der Waals surface area contributed by atoms with E-state index in [1.54, 1.807) is 0 Å². The molecule has 0 radical (unpaired) electrons. The van der Waals surface area contributed by atoms with E-state index in [1.807, 2.05) is 13.1 Å². The molecule has 3 heteroatoms. The Kier molecular flexibility index (Phi) is 7.47. The first-order chi connectivity index (χ1) is 19.7. The Labute approximate surface area is 236 Å². The number of nitrogens with two attached hydrogens (primary N) is 1. The third-order valence-corrected chi connectivity index (χ3v) is 7.78. The third-order valence-electron chi connectivity index (χ3n) is 7.78. The molecule has 0 fully saturated rings. The molecule has 1 aliphatic carbocycles. The van der Waals surface area contributed by atoms with Gasteiger partial charge in [0.2, 0.25) is 0 Å². The maximum Gasteiger partial charge on any atom is 0.101 e. The van der Waals surface area contributed by atoms with Gasteiger partial charge < -0.3 is 16.4 Å². The zero-order valence-electron chi connectivity index (χ0n) is 22.9. The molecule has 0 heterocycles. The lowest BCUT2D eigenvalue weighted by Crippen LogP contribution is -2.27. The number of anilines is 1. The number of hydrogen-bond donors (Lipinski definition) is 3. The van der Waals surface area contributed by atoms with E-state index in [4.69, 9.17) is 5.73 Å². The Balaban J connectivity index is 1.35. The average Bonchev–Trinajstić information content (AvgIpc) is 3.03. The summed E-state index contributed by atoms with van der Waals surface area (Å²) in [6, 6.07) is 36.4. The van der Waals surface area contributed by atoms with Crippen LogP contribution in [0.25, 0.3) is 38.4 Å². The first-order valence-electron chi connectivity index (χ1n) is 14.1. The fourth-order valence-electron chi connectivity index (χ4n) is 5.67.